The van der Waals surface area contributed by atoms with Crippen LogP contribution in [-0.2, 0) is 24.3 Å². The summed E-state index contributed by atoms with van der Waals surface area (Å²) in [6.45, 7) is 4.86. The molecular formula is C26H33IN6O. The second kappa shape index (κ2) is 13.1. The number of anilines is 1. The molecule has 1 unspecified atom stereocenters. The molecule has 3 N–H and O–H groups in total. The fraction of sp³-hybridized carbons (Fsp3) is 0.346. The van der Waals surface area contributed by atoms with E-state index in [1.807, 2.05) is 43.6 Å². The molecule has 7 nitrogen and oxygen atoms in total. The molecular weight excluding hydrogens is 539 g/mol. The minimum absolute atomic E-state index is 0. The van der Waals surface area contributed by atoms with E-state index in [4.69, 9.17) is 4.99 Å². The van der Waals surface area contributed by atoms with Gasteiger partial charge < -0.3 is 20.5 Å². The van der Waals surface area contributed by atoms with Crippen LogP contribution in [0.3, 0.4) is 0 Å². The number of hydrogen-bond donors (Lipinski definition) is 3. The van der Waals surface area contributed by atoms with Crippen LogP contribution in [0.15, 0.2) is 72.0 Å². The van der Waals surface area contributed by atoms with Crippen LogP contribution in [0.5, 0.6) is 0 Å². The molecule has 0 spiro atoms. The summed E-state index contributed by atoms with van der Waals surface area (Å²) in [5.74, 6) is 1.85. The first-order valence-electron chi connectivity index (χ1n) is 11.7. The predicted octanol–water partition coefficient (Wildman–Crippen LogP) is 4.32. The number of halogens is 1. The summed E-state index contributed by atoms with van der Waals surface area (Å²) in [4.78, 5) is 21.4. The minimum Gasteiger partial charge on any atom is -0.357 e. The summed E-state index contributed by atoms with van der Waals surface area (Å²) in [6.07, 6.45) is 6.43. The molecule has 0 saturated carbocycles. The third-order valence-corrected chi connectivity index (χ3v) is 5.85. The van der Waals surface area contributed by atoms with Gasteiger partial charge in [-0.3, -0.25) is 4.79 Å². The molecule has 0 aliphatic carbocycles. The molecule has 1 aromatic heterocycles. The molecule has 1 aliphatic heterocycles. The number of carbonyl (C=O) groups is 1. The number of aryl methyl sites for hydroxylation is 2. The van der Waals surface area contributed by atoms with E-state index in [1.54, 1.807) is 0 Å². The number of aliphatic imine (C=N–C) groups is 1. The predicted molar refractivity (Wildman–Crippen MR) is 148 cm³/mol. The van der Waals surface area contributed by atoms with E-state index in [0.29, 0.717) is 19.5 Å². The summed E-state index contributed by atoms with van der Waals surface area (Å²) in [7, 11) is 0. The Kier molecular flexibility index (Phi) is 9.93. The average molecular weight is 572 g/mol. The fourth-order valence-corrected chi connectivity index (χ4v) is 4.19. The molecule has 4 rings (SSSR count). The number of nitrogens with zero attached hydrogens (tertiary/aromatic N) is 3. The third-order valence-electron chi connectivity index (χ3n) is 5.85. The lowest BCUT2D eigenvalue weighted by molar-refractivity contribution is -0.116. The Morgan fingerprint density at radius 2 is 1.94 bits per heavy atom. The Labute approximate surface area is 218 Å². The van der Waals surface area contributed by atoms with Crippen LogP contribution in [0.4, 0.5) is 5.69 Å². The van der Waals surface area contributed by atoms with Crippen molar-refractivity contribution in [3.8, 4) is 0 Å². The lowest BCUT2D eigenvalue weighted by atomic mass is 9.90. The van der Waals surface area contributed by atoms with Crippen LogP contribution in [0.25, 0.3) is 0 Å². The minimum atomic E-state index is 0. The Bertz CT molecular complexity index is 1080. The van der Waals surface area contributed by atoms with Crippen LogP contribution < -0.4 is 16.0 Å². The number of benzene rings is 2. The van der Waals surface area contributed by atoms with E-state index in [1.165, 1.54) is 5.56 Å². The lowest BCUT2D eigenvalue weighted by Crippen LogP contribution is -2.40. The Morgan fingerprint density at radius 3 is 2.76 bits per heavy atom. The highest BCUT2D eigenvalue weighted by atomic mass is 127. The molecule has 0 bridgehead atoms. The normalized spacial score (nSPS) is 15.1. The summed E-state index contributed by atoms with van der Waals surface area (Å²) < 4.78 is 2.18. The van der Waals surface area contributed by atoms with E-state index in [0.717, 1.165) is 49.0 Å². The summed E-state index contributed by atoms with van der Waals surface area (Å²) in [5.41, 5.74) is 3.42. The zero-order chi connectivity index (χ0) is 22.9. The molecule has 180 valence electrons. The van der Waals surface area contributed by atoms with E-state index in [2.05, 4.69) is 55.8 Å². The van der Waals surface area contributed by atoms with Crippen LogP contribution in [0.2, 0.25) is 0 Å². The number of amides is 1. The van der Waals surface area contributed by atoms with Crippen LogP contribution in [0, 0.1) is 0 Å². The molecule has 1 amide bonds. The van der Waals surface area contributed by atoms with E-state index in [-0.39, 0.29) is 35.8 Å². The molecule has 0 radical (unpaired) electrons. The number of guanidine groups is 1. The Balaban J connectivity index is 0.00000324. The van der Waals surface area contributed by atoms with Crippen LogP contribution >= 0.6 is 24.0 Å². The number of nitrogens with one attached hydrogen (secondary N) is 3. The Morgan fingerprint density at radius 1 is 1.15 bits per heavy atom. The molecule has 1 aliphatic rings. The third kappa shape index (κ3) is 7.06. The first kappa shape index (κ1) is 25.7. The van der Waals surface area contributed by atoms with Gasteiger partial charge in [-0.15, -0.1) is 24.0 Å². The average Bonchev–Trinajstić information content (AvgIpc) is 3.28. The van der Waals surface area contributed by atoms with Gasteiger partial charge in [0.2, 0.25) is 5.91 Å². The molecule has 0 fully saturated rings. The van der Waals surface area contributed by atoms with Gasteiger partial charge in [0.1, 0.15) is 12.4 Å². The zero-order valence-corrected chi connectivity index (χ0v) is 21.9. The quantitative estimate of drug-likeness (QED) is 0.203. The molecule has 1 atom stereocenters. The number of imidazole rings is 1. The van der Waals surface area contributed by atoms with Gasteiger partial charge in [-0.2, -0.15) is 0 Å². The number of hydrogen-bond acceptors (Lipinski definition) is 3. The van der Waals surface area contributed by atoms with E-state index >= 15 is 0 Å². The smallest absolute Gasteiger partial charge is 0.225 e. The van der Waals surface area contributed by atoms with Crippen molar-refractivity contribution in [1.82, 2.24) is 20.2 Å². The highest BCUT2D eigenvalue weighted by molar-refractivity contribution is 14.0. The van der Waals surface area contributed by atoms with Crippen molar-refractivity contribution >= 4 is 41.5 Å². The maximum atomic E-state index is 12.1. The van der Waals surface area contributed by atoms with Gasteiger partial charge in [0, 0.05) is 50.1 Å². The topological polar surface area (TPSA) is 83.3 Å². The molecule has 34 heavy (non-hydrogen) atoms. The molecule has 3 aromatic rings. The summed E-state index contributed by atoms with van der Waals surface area (Å²) in [6, 6.07) is 18.5. The maximum absolute atomic E-state index is 12.1. The van der Waals surface area contributed by atoms with Crippen molar-refractivity contribution in [3.63, 3.8) is 0 Å². The molecule has 8 heteroatoms. The van der Waals surface area contributed by atoms with Crippen molar-refractivity contribution < 1.29 is 4.79 Å². The standard InChI is InChI=1S/C26H32N6O.HI/c1-2-27-26(29-18-21-17-25(33)31-23-13-7-6-12-22(21)23)30-19-24-28-14-16-32(24)15-8-11-20-9-4-3-5-10-20;/h3-7,9-10,12-14,16,21H,2,8,11,15,17-19H2,1H3,(H,31,33)(H2,27,29,30);1H. The molecule has 2 aromatic carbocycles. The van der Waals surface area contributed by atoms with Crippen molar-refractivity contribution in [2.24, 2.45) is 4.99 Å². The van der Waals surface area contributed by atoms with Gasteiger partial charge in [-0.05, 0) is 37.0 Å². The van der Waals surface area contributed by atoms with Crippen molar-refractivity contribution in [2.75, 3.05) is 18.4 Å². The highest BCUT2D eigenvalue weighted by Crippen LogP contribution is 2.31. The van der Waals surface area contributed by atoms with Gasteiger partial charge in [0.25, 0.3) is 0 Å². The first-order valence-corrected chi connectivity index (χ1v) is 11.7. The van der Waals surface area contributed by atoms with Gasteiger partial charge >= 0.3 is 0 Å². The number of para-hydroxylation sites is 1. The summed E-state index contributed by atoms with van der Waals surface area (Å²) in [5, 5.41) is 9.68. The Hall–Kier alpha value is -2.88. The van der Waals surface area contributed by atoms with Crippen LogP contribution in [-0.4, -0.2) is 34.5 Å². The lowest BCUT2D eigenvalue weighted by Gasteiger charge is -2.26. The number of rotatable bonds is 9. The van der Waals surface area contributed by atoms with Crippen LogP contribution in [0.1, 0.15) is 42.6 Å². The van der Waals surface area contributed by atoms with Crippen molar-refractivity contribution in [3.05, 3.63) is 83.9 Å². The SMILES string of the molecule is CCNC(=NCc1nccn1CCCc1ccccc1)NCC1CC(=O)Nc2ccccc21.I. The van der Waals surface area contributed by atoms with Gasteiger partial charge in [0.15, 0.2) is 5.96 Å². The molecule has 2 heterocycles. The zero-order valence-electron chi connectivity index (χ0n) is 19.5. The van der Waals surface area contributed by atoms with Gasteiger partial charge in [-0.1, -0.05) is 48.5 Å². The van der Waals surface area contributed by atoms with Crippen molar-refractivity contribution in [1.29, 1.82) is 0 Å². The number of fused-ring (bicyclic) bond motifs is 1. The van der Waals surface area contributed by atoms with Crippen molar-refractivity contribution in [2.45, 2.75) is 45.2 Å². The first-order chi connectivity index (χ1) is 16.2. The summed E-state index contributed by atoms with van der Waals surface area (Å²) >= 11 is 0. The fourth-order valence-electron chi connectivity index (χ4n) is 4.19. The van der Waals surface area contributed by atoms with E-state index < -0.39 is 0 Å². The van der Waals surface area contributed by atoms with Gasteiger partial charge in [0.05, 0.1) is 0 Å². The largest absolute Gasteiger partial charge is 0.357 e. The maximum Gasteiger partial charge on any atom is 0.225 e. The van der Waals surface area contributed by atoms with Gasteiger partial charge in [-0.25, -0.2) is 9.98 Å². The second-order valence-corrected chi connectivity index (χ2v) is 8.24. The highest BCUT2D eigenvalue weighted by Gasteiger charge is 2.24. The number of aromatic nitrogens is 2. The number of carbonyl (C=O) groups excluding carboxylic acids is 1. The second-order valence-electron chi connectivity index (χ2n) is 8.24. The van der Waals surface area contributed by atoms with E-state index in [9.17, 15) is 4.79 Å². The monoisotopic (exact) mass is 572 g/mol. The molecule has 0 saturated heterocycles.